The molecule has 1 N–H and O–H groups in total. The van der Waals surface area contributed by atoms with E-state index in [1.165, 1.54) is 0 Å². The molecule has 3 aromatic rings. The van der Waals surface area contributed by atoms with Gasteiger partial charge < -0.3 is 15.1 Å². The summed E-state index contributed by atoms with van der Waals surface area (Å²) in [4.78, 5) is 20.8. The van der Waals surface area contributed by atoms with Crippen LogP contribution >= 0.6 is 22.6 Å². The number of carbonyl (C=O) groups excluding carboxylic acids is 1. The molecule has 0 atom stereocenters. The van der Waals surface area contributed by atoms with Crippen LogP contribution in [0.5, 0.6) is 0 Å². The molecule has 0 unspecified atom stereocenters. The number of amides is 1. The van der Waals surface area contributed by atoms with Crippen molar-refractivity contribution in [2.24, 2.45) is 0 Å². The van der Waals surface area contributed by atoms with Gasteiger partial charge in [0.1, 0.15) is 0 Å². The first-order valence-electron chi connectivity index (χ1n) is 8.99. The van der Waals surface area contributed by atoms with Crippen molar-refractivity contribution in [2.75, 3.05) is 36.4 Å². The Bertz CT molecular complexity index is 942. The van der Waals surface area contributed by atoms with Crippen LogP contribution in [0.4, 0.5) is 17.3 Å². The van der Waals surface area contributed by atoms with E-state index in [1.54, 1.807) is 12.4 Å². The summed E-state index contributed by atoms with van der Waals surface area (Å²) < 4.78 is 1.07. The Morgan fingerprint density at radius 1 is 1.00 bits per heavy atom. The monoisotopic (exact) mass is 486 g/mol. The predicted octanol–water partition coefficient (Wildman–Crippen LogP) is 3.18. The molecule has 1 amide bonds. The first-order chi connectivity index (χ1) is 13.7. The lowest BCUT2D eigenvalue weighted by molar-refractivity contribution is 0.0746. The summed E-state index contributed by atoms with van der Waals surface area (Å²) in [5.41, 5.74) is 1.61. The van der Waals surface area contributed by atoms with Crippen LogP contribution < -0.4 is 10.2 Å². The van der Waals surface area contributed by atoms with E-state index in [4.69, 9.17) is 0 Å². The molecule has 0 radical (unpaired) electrons. The molecular formula is C20H19IN6O. The molecule has 0 spiro atoms. The first-order valence-corrected chi connectivity index (χ1v) is 10.1. The van der Waals surface area contributed by atoms with Crippen molar-refractivity contribution in [3.05, 3.63) is 70.1 Å². The minimum Gasteiger partial charge on any atom is -0.352 e. The first kappa shape index (κ1) is 18.6. The summed E-state index contributed by atoms with van der Waals surface area (Å²) in [5.74, 6) is 1.57. The van der Waals surface area contributed by atoms with Crippen molar-refractivity contribution in [3.63, 3.8) is 0 Å². The van der Waals surface area contributed by atoms with E-state index in [0.29, 0.717) is 18.9 Å². The molecule has 7 nitrogen and oxygen atoms in total. The highest BCUT2D eigenvalue weighted by Gasteiger charge is 2.23. The maximum Gasteiger partial charge on any atom is 0.254 e. The Kier molecular flexibility index (Phi) is 5.65. The fourth-order valence-electron chi connectivity index (χ4n) is 3.09. The number of piperazine rings is 1. The van der Waals surface area contributed by atoms with Crippen LogP contribution in [-0.2, 0) is 0 Å². The number of benzene rings is 1. The molecular weight excluding hydrogens is 467 g/mol. The van der Waals surface area contributed by atoms with Gasteiger partial charge in [-0.2, -0.15) is 0 Å². The van der Waals surface area contributed by atoms with E-state index in [-0.39, 0.29) is 5.91 Å². The normalized spacial score (nSPS) is 14.0. The van der Waals surface area contributed by atoms with Crippen LogP contribution in [0, 0.1) is 3.57 Å². The third-order valence-electron chi connectivity index (χ3n) is 4.55. The van der Waals surface area contributed by atoms with Gasteiger partial charge in [-0.15, -0.1) is 10.2 Å². The molecule has 0 aliphatic carbocycles. The summed E-state index contributed by atoms with van der Waals surface area (Å²) in [6.45, 7) is 2.81. The summed E-state index contributed by atoms with van der Waals surface area (Å²) >= 11 is 2.23. The van der Waals surface area contributed by atoms with Crippen LogP contribution in [0.2, 0.25) is 0 Å². The quantitative estimate of drug-likeness (QED) is 0.572. The lowest BCUT2D eigenvalue weighted by Crippen LogP contribution is -2.49. The number of nitrogens with zero attached hydrogens (tertiary/aromatic N) is 5. The Labute approximate surface area is 176 Å². The Morgan fingerprint density at radius 3 is 2.54 bits per heavy atom. The van der Waals surface area contributed by atoms with Crippen molar-refractivity contribution < 1.29 is 4.79 Å². The lowest BCUT2D eigenvalue weighted by atomic mass is 10.2. The molecule has 1 saturated heterocycles. The van der Waals surface area contributed by atoms with E-state index in [1.807, 2.05) is 53.4 Å². The Balaban J connectivity index is 1.35. The van der Waals surface area contributed by atoms with Gasteiger partial charge >= 0.3 is 0 Å². The van der Waals surface area contributed by atoms with Crippen LogP contribution in [-0.4, -0.2) is 52.2 Å². The van der Waals surface area contributed by atoms with Gasteiger partial charge in [-0.05, 0) is 65.1 Å². The molecule has 28 heavy (non-hydrogen) atoms. The van der Waals surface area contributed by atoms with Crippen LogP contribution in [0.3, 0.4) is 0 Å². The highest BCUT2D eigenvalue weighted by atomic mass is 127. The van der Waals surface area contributed by atoms with Crippen molar-refractivity contribution >= 4 is 45.8 Å². The molecule has 1 aliphatic heterocycles. The van der Waals surface area contributed by atoms with Crippen LogP contribution in [0.25, 0.3) is 0 Å². The standard InChI is InChI=1S/C20H19IN6O/c21-16-4-1-3-15(13-16)20(28)27-11-9-26(10-12-27)19-7-6-18(24-25-19)23-17-5-2-8-22-14-17/h1-8,13-14H,9-12H2,(H,23,24). The maximum absolute atomic E-state index is 12.7. The van der Waals surface area contributed by atoms with Crippen LogP contribution in [0.1, 0.15) is 10.4 Å². The number of hydrogen-bond donors (Lipinski definition) is 1. The highest BCUT2D eigenvalue weighted by Crippen LogP contribution is 2.18. The molecule has 0 saturated carbocycles. The van der Waals surface area contributed by atoms with Crippen molar-refractivity contribution in [2.45, 2.75) is 0 Å². The predicted molar refractivity (Wildman–Crippen MR) is 117 cm³/mol. The van der Waals surface area contributed by atoms with Gasteiger partial charge in [-0.1, -0.05) is 6.07 Å². The second-order valence-corrected chi connectivity index (χ2v) is 7.68. The maximum atomic E-state index is 12.7. The second kappa shape index (κ2) is 8.51. The SMILES string of the molecule is O=C(c1cccc(I)c1)N1CCN(c2ccc(Nc3cccnc3)nn2)CC1. The van der Waals surface area contributed by atoms with Crippen molar-refractivity contribution in [3.8, 4) is 0 Å². The summed E-state index contributed by atoms with van der Waals surface area (Å²) in [7, 11) is 0. The van der Waals surface area contributed by atoms with E-state index in [2.05, 4.69) is 48.0 Å². The lowest BCUT2D eigenvalue weighted by Gasteiger charge is -2.35. The molecule has 3 heterocycles. The average molecular weight is 486 g/mol. The molecule has 8 heteroatoms. The average Bonchev–Trinajstić information content (AvgIpc) is 2.75. The molecule has 142 valence electrons. The number of carbonyl (C=O) groups is 1. The van der Waals surface area contributed by atoms with E-state index >= 15 is 0 Å². The van der Waals surface area contributed by atoms with Gasteiger partial charge in [0.15, 0.2) is 11.6 Å². The highest BCUT2D eigenvalue weighted by molar-refractivity contribution is 14.1. The molecule has 1 fully saturated rings. The third kappa shape index (κ3) is 4.38. The van der Waals surface area contributed by atoms with Crippen molar-refractivity contribution in [1.82, 2.24) is 20.1 Å². The Morgan fingerprint density at radius 2 is 1.86 bits per heavy atom. The number of pyridine rings is 1. The topological polar surface area (TPSA) is 74.2 Å². The van der Waals surface area contributed by atoms with Crippen molar-refractivity contribution in [1.29, 1.82) is 0 Å². The third-order valence-corrected chi connectivity index (χ3v) is 5.22. The van der Waals surface area contributed by atoms with Gasteiger partial charge in [-0.3, -0.25) is 9.78 Å². The summed E-state index contributed by atoms with van der Waals surface area (Å²) in [6, 6.07) is 15.3. The number of rotatable bonds is 4. The number of halogens is 1. The fourth-order valence-corrected chi connectivity index (χ4v) is 3.63. The zero-order valence-corrected chi connectivity index (χ0v) is 17.3. The van der Waals surface area contributed by atoms with Crippen LogP contribution in [0.15, 0.2) is 60.9 Å². The fraction of sp³-hybridized carbons (Fsp3) is 0.200. The van der Waals surface area contributed by atoms with E-state index in [9.17, 15) is 4.79 Å². The Hall–Kier alpha value is -2.75. The molecule has 1 aliphatic rings. The smallest absolute Gasteiger partial charge is 0.254 e. The largest absolute Gasteiger partial charge is 0.352 e. The summed E-state index contributed by atoms with van der Waals surface area (Å²) in [5, 5.41) is 11.7. The molecule has 0 bridgehead atoms. The number of anilines is 3. The second-order valence-electron chi connectivity index (χ2n) is 6.43. The molecule has 4 rings (SSSR count). The van der Waals surface area contributed by atoms with Gasteiger partial charge in [0.25, 0.3) is 5.91 Å². The number of hydrogen-bond acceptors (Lipinski definition) is 6. The van der Waals surface area contributed by atoms with Gasteiger partial charge in [0, 0.05) is 41.5 Å². The summed E-state index contributed by atoms with van der Waals surface area (Å²) in [6.07, 6.45) is 3.46. The van der Waals surface area contributed by atoms with Gasteiger partial charge in [0.05, 0.1) is 11.9 Å². The number of aromatic nitrogens is 3. The zero-order chi connectivity index (χ0) is 19.3. The van der Waals surface area contributed by atoms with Gasteiger partial charge in [-0.25, -0.2) is 0 Å². The minimum absolute atomic E-state index is 0.0836. The molecule has 1 aromatic carbocycles. The van der Waals surface area contributed by atoms with E-state index < -0.39 is 0 Å². The van der Waals surface area contributed by atoms with E-state index in [0.717, 1.165) is 33.7 Å². The van der Waals surface area contributed by atoms with Gasteiger partial charge in [0.2, 0.25) is 0 Å². The zero-order valence-electron chi connectivity index (χ0n) is 15.1. The minimum atomic E-state index is 0.0836. The number of nitrogens with one attached hydrogen (secondary N) is 1. The molecule has 2 aromatic heterocycles.